The van der Waals surface area contributed by atoms with Crippen LogP contribution >= 0.6 is 0 Å². The van der Waals surface area contributed by atoms with Gasteiger partial charge in [-0.3, -0.25) is 4.79 Å². The van der Waals surface area contributed by atoms with Gasteiger partial charge in [-0.25, -0.2) is 0 Å². The largest absolute Gasteiger partial charge is 0.495 e. The number of aryl methyl sites for hydroxylation is 1. The highest BCUT2D eigenvalue weighted by atomic mass is 16.5. The van der Waals surface area contributed by atoms with Gasteiger partial charge in [-0.1, -0.05) is 6.07 Å². The van der Waals surface area contributed by atoms with E-state index in [9.17, 15) is 4.79 Å². The first-order valence-corrected chi connectivity index (χ1v) is 5.62. The van der Waals surface area contributed by atoms with Crippen LogP contribution in [0.1, 0.15) is 18.4 Å². The molecule has 4 heteroatoms. The molecule has 17 heavy (non-hydrogen) atoms. The van der Waals surface area contributed by atoms with Crippen LogP contribution in [0.5, 0.6) is 5.75 Å². The van der Waals surface area contributed by atoms with Crippen molar-refractivity contribution in [2.75, 3.05) is 25.6 Å². The third kappa shape index (κ3) is 3.98. The van der Waals surface area contributed by atoms with Crippen LogP contribution in [0, 0.1) is 6.92 Å². The molecule has 1 rings (SSSR count). The maximum atomic E-state index is 10.5. The van der Waals surface area contributed by atoms with Gasteiger partial charge in [0.25, 0.3) is 0 Å². The molecule has 0 saturated carbocycles. The Labute approximate surface area is 102 Å². The van der Waals surface area contributed by atoms with E-state index in [1.54, 1.807) is 7.11 Å². The van der Waals surface area contributed by atoms with Gasteiger partial charge in [-0.15, -0.1) is 0 Å². The van der Waals surface area contributed by atoms with Crippen molar-refractivity contribution in [3.05, 3.63) is 23.8 Å². The molecular formula is C13H19NO3. The zero-order chi connectivity index (χ0) is 12.8. The standard InChI is InChI=1S/C13H19NO3/c1-10-6-7-12(17-3)11(9-10)14(2)8-4-5-13(15)16/h6-7,9H,4-5,8H2,1-3H3,(H,15,16). The number of methoxy groups -OCH3 is 1. The van der Waals surface area contributed by atoms with Gasteiger partial charge in [0.2, 0.25) is 0 Å². The lowest BCUT2D eigenvalue weighted by Gasteiger charge is -2.21. The van der Waals surface area contributed by atoms with Crippen LogP contribution in [0.25, 0.3) is 0 Å². The minimum atomic E-state index is -0.755. The van der Waals surface area contributed by atoms with E-state index in [2.05, 4.69) is 0 Å². The van der Waals surface area contributed by atoms with E-state index in [4.69, 9.17) is 9.84 Å². The Hall–Kier alpha value is -1.71. The molecule has 4 nitrogen and oxygen atoms in total. The van der Waals surface area contributed by atoms with Crippen LogP contribution in [-0.2, 0) is 4.79 Å². The second kappa shape index (κ2) is 6.13. The van der Waals surface area contributed by atoms with Gasteiger partial charge < -0.3 is 14.7 Å². The quantitative estimate of drug-likeness (QED) is 0.824. The number of ether oxygens (including phenoxy) is 1. The van der Waals surface area contributed by atoms with Gasteiger partial charge in [0, 0.05) is 20.0 Å². The van der Waals surface area contributed by atoms with Crippen molar-refractivity contribution in [2.24, 2.45) is 0 Å². The number of rotatable bonds is 6. The number of benzene rings is 1. The second-order valence-electron chi connectivity index (χ2n) is 4.09. The predicted octanol–water partition coefficient (Wildman–Crippen LogP) is 2.30. The molecule has 94 valence electrons. The van der Waals surface area contributed by atoms with Crippen molar-refractivity contribution >= 4 is 11.7 Å². The van der Waals surface area contributed by atoms with Crippen molar-refractivity contribution in [1.29, 1.82) is 0 Å². The second-order valence-corrected chi connectivity index (χ2v) is 4.09. The van der Waals surface area contributed by atoms with E-state index in [1.807, 2.05) is 37.1 Å². The van der Waals surface area contributed by atoms with Crippen molar-refractivity contribution in [3.63, 3.8) is 0 Å². The number of hydrogen-bond acceptors (Lipinski definition) is 3. The third-order valence-corrected chi connectivity index (χ3v) is 2.63. The zero-order valence-corrected chi connectivity index (χ0v) is 10.6. The maximum Gasteiger partial charge on any atom is 0.303 e. The Bertz CT molecular complexity index is 390. The molecule has 0 bridgehead atoms. The van der Waals surface area contributed by atoms with Crippen molar-refractivity contribution in [2.45, 2.75) is 19.8 Å². The summed E-state index contributed by atoms with van der Waals surface area (Å²) in [5.41, 5.74) is 2.16. The monoisotopic (exact) mass is 237 g/mol. The average molecular weight is 237 g/mol. The molecule has 0 spiro atoms. The highest BCUT2D eigenvalue weighted by Gasteiger charge is 2.08. The Balaban J connectivity index is 2.69. The molecule has 0 aliphatic rings. The van der Waals surface area contributed by atoms with Crippen molar-refractivity contribution < 1.29 is 14.6 Å². The molecule has 0 aromatic heterocycles. The Kier molecular flexibility index (Phi) is 4.82. The molecule has 0 saturated heterocycles. The molecule has 0 aliphatic heterocycles. The number of carbonyl (C=O) groups is 1. The van der Waals surface area contributed by atoms with E-state index in [0.717, 1.165) is 17.0 Å². The van der Waals surface area contributed by atoms with E-state index in [1.165, 1.54) is 0 Å². The smallest absolute Gasteiger partial charge is 0.303 e. The summed E-state index contributed by atoms with van der Waals surface area (Å²) >= 11 is 0. The Morgan fingerprint density at radius 2 is 2.18 bits per heavy atom. The molecular weight excluding hydrogens is 218 g/mol. The molecule has 0 heterocycles. The van der Waals surface area contributed by atoms with Crippen LogP contribution in [0.3, 0.4) is 0 Å². The zero-order valence-electron chi connectivity index (χ0n) is 10.6. The van der Waals surface area contributed by atoms with Gasteiger partial charge >= 0.3 is 5.97 Å². The Morgan fingerprint density at radius 3 is 2.76 bits per heavy atom. The molecule has 0 aliphatic carbocycles. The number of anilines is 1. The summed E-state index contributed by atoms with van der Waals surface area (Å²) in [6.07, 6.45) is 0.821. The van der Waals surface area contributed by atoms with Gasteiger partial charge in [-0.2, -0.15) is 0 Å². The highest BCUT2D eigenvalue weighted by molar-refractivity contribution is 5.66. The average Bonchev–Trinajstić information content (AvgIpc) is 2.28. The molecule has 1 N–H and O–H groups in total. The number of nitrogens with zero attached hydrogens (tertiary/aromatic N) is 1. The lowest BCUT2D eigenvalue weighted by Crippen LogP contribution is -2.20. The SMILES string of the molecule is COc1ccc(C)cc1N(C)CCCC(=O)O. The summed E-state index contributed by atoms with van der Waals surface area (Å²) in [4.78, 5) is 12.5. The maximum absolute atomic E-state index is 10.5. The first-order chi connectivity index (χ1) is 8.04. The molecule has 0 amide bonds. The molecule has 1 aromatic carbocycles. The van der Waals surface area contributed by atoms with Gasteiger partial charge in [0.05, 0.1) is 12.8 Å². The Morgan fingerprint density at radius 1 is 1.47 bits per heavy atom. The van der Waals surface area contributed by atoms with Gasteiger partial charge in [0.15, 0.2) is 0 Å². The van der Waals surface area contributed by atoms with Crippen LogP contribution < -0.4 is 9.64 Å². The minimum absolute atomic E-state index is 0.193. The summed E-state index contributed by atoms with van der Waals surface area (Å²) in [7, 11) is 3.58. The summed E-state index contributed by atoms with van der Waals surface area (Å²) in [5, 5.41) is 8.60. The number of hydrogen-bond donors (Lipinski definition) is 1. The summed E-state index contributed by atoms with van der Waals surface area (Å²) in [6.45, 7) is 2.72. The minimum Gasteiger partial charge on any atom is -0.495 e. The first kappa shape index (κ1) is 13.4. The predicted molar refractivity (Wildman–Crippen MR) is 67.9 cm³/mol. The summed E-state index contributed by atoms with van der Waals surface area (Å²) in [5.74, 6) is 0.0584. The highest BCUT2D eigenvalue weighted by Crippen LogP contribution is 2.28. The first-order valence-electron chi connectivity index (χ1n) is 5.62. The lowest BCUT2D eigenvalue weighted by atomic mass is 10.2. The van der Waals surface area contributed by atoms with Gasteiger partial charge in [0.1, 0.15) is 5.75 Å². The fraction of sp³-hybridized carbons (Fsp3) is 0.462. The molecule has 0 atom stereocenters. The van der Waals surface area contributed by atoms with Crippen LogP contribution in [0.4, 0.5) is 5.69 Å². The van der Waals surface area contributed by atoms with E-state index >= 15 is 0 Å². The van der Waals surface area contributed by atoms with Crippen LogP contribution in [-0.4, -0.2) is 31.8 Å². The van der Waals surface area contributed by atoms with Gasteiger partial charge in [-0.05, 0) is 31.0 Å². The topological polar surface area (TPSA) is 49.8 Å². The molecule has 0 unspecified atom stereocenters. The van der Waals surface area contributed by atoms with Crippen LogP contribution in [0.2, 0.25) is 0 Å². The van der Waals surface area contributed by atoms with Crippen molar-refractivity contribution in [1.82, 2.24) is 0 Å². The summed E-state index contributed by atoms with van der Waals surface area (Å²) < 4.78 is 5.29. The third-order valence-electron chi connectivity index (χ3n) is 2.63. The molecule has 0 radical (unpaired) electrons. The van der Waals surface area contributed by atoms with E-state index in [0.29, 0.717) is 13.0 Å². The normalized spacial score (nSPS) is 10.1. The van der Waals surface area contributed by atoms with E-state index < -0.39 is 5.97 Å². The fourth-order valence-electron chi connectivity index (χ4n) is 1.69. The fourth-order valence-corrected chi connectivity index (χ4v) is 1.69. The van der Waals surface area contributed by atoms with Crippen molar-refractivity contribution in [3.8, 4) is 5.75 Å². The molecule has 1 aromatic rings. The van der Waals surface area contributed by atoms with Crippen LogP contribution in [0.15, 0.2) is 18.2 Å². The lowest BCUT2D eigenvalue weighted by molar-refractivity contribution is -0.137. The number of carboxylic acids is 1. The molecule has 0 fully saturated rings. The van der Waals surface area contributed by atoms with E-state index in [-0.39, 0.29) is 6.42 Å². The summed E-state index contributed by atoms with van der Waals surface area (Å²) in [6, 6.07) is 5.96. The number of carboxylic acid groups (broad SMARTS) is 1. The number of aliphatic carboxylic acids is 1.